The lowest BCUT2D eigenvalue weighted by atomic mass is 10.3. The topological polar surface area (TPSA) is 36.4 Å². The Hall–Kier alpha value is -0.650. The highest BCUT2D eigenvalue weighted by molar-refractivity contribution is 7.11. The minimum absolute atomic E-state index is 0.105. The fourth-order valence-electron chi connectivity index (χ4n) is 1.77. The Balaban J connectivity index is 1.87. The van der Waals surface area contributed by atoms with E-state index in [0.29, 0.717) is 5.88 Å². The first-order valence-corrected chi connectivity index (χ1v) is 6.69. The summed E-state index contributed by atoms with van der Waals surface area (Å²) in [6.45, 7) is 4.31. The zero-order chi connectivity index (χ0) is 11.4. The summed E-state index contributed by atoms with van der Waals surface area (Å²) < 4.78 is 0. The molecule has 0 atom stereocenters. The van der Waals surface area contributed by atoms with Gasteiger partial charge in [0.25, 0.3) is 5.91 Å². The fourth-order valence-corrected chi connectivity index (χ4v) is 2.60. The van der Waals surface area contributed by atoms with E-state index in [-0.39, 0.29) is 5.91 Å². The van der Waals surface area contributed by atoms with Crippen LogP contribution in [0.5, 0.6) is 0 Å². The molecular formula is C10H14ClN3OS. The quantitative estimate of drug-likeness (QED) is 0.764. The van der Waals surface area contributed by atoms with Crippen LogP contribution in [0.15, 0.2) is 11.7 Å². The van der Waals surface area contributed by atoms with Gasteiger partial charge in [-0.15, -0.1) is 22.9 Å². The molecule has 6 heteroatoms. The summed E-state index contributed by atoms with van der Waals surface area (Å²) in [4.78, 5) is 20.8. The van der Waals surface area contributed by atoms with Gasteiger partial charge >= 0.3 is 0 Å². The van der Waals surface area contributed by atoms with Crippen LogP contribution < -0.4 is 0 Å². The highest BCUT2D eigenvalue weighted by Crippen LogP contribution is 2.11. The smallest absolute Gasteiger partial charge is 0.265 e. The molecule has 1 saturated heterocycles. The van der Waals surface area contributed by atoms with Crippen LogP contribution in [0.25, 0.3) is 0 Å². The Morgan fingerprint density at radius 3 is 2.75 bits per heavy atom. The minimum atomic E-state index is 0.105. The summed E-state index contributed by atoms with van der Waals surface area (Å²) in [6, 6.07) is 0. The number of hydrogen-bond acceptors (Lipinski definition) is 4. The number of carbonyl (C=O) groups excluding carboxylic acids is 1. The molecule has 0 unspecified atom stereocenters. The summed E-state index contributed by atoms with van der Waals surface area (Å²) in [5.41, 5.74) is 1.69. The van der Waals surface area contributed by atoms with Gasteiger partial charge in [0, 0.05) is 38.6 Å². The molecule has 0 aliphatic carbocycles. The Kier molecular flexibility index (Phi) is 4.15. The van der Waals surface area contributed by atoms with Crippen LogP contribution >= 0.6 is 22.9 Å². The minimum Gasteiger partial charge on any atom is -0.335 e. The number of thiazole rings is 1. The third-order valence-electron chi connectivity index (χ3n) is 2.70. The summed E-state index contributed by atoms with van der Waals surface area (Å²) in [5.74, 6) is 0.760. The third kappa shape index (κ3) is 2.72. The van der Waals surface area contributed by atoms with Gasteiger partial charge in [-0.1, -0.05) is 0 Å². The first-order valence-electron chi connectivity index (χ1n) is 5.27. The molecule has 1 aromatic rings. The van der Waals surface area contributed by atoms with Crippen molar-refractivity contribution in [2.24, 2.45) is 0 Å². The van der Waals surface area contributed by atoms with Crippen molar-refractivity contribution < 1.29 is 4.79 Å². The number of halogens is 1. The number of rotatable bonds is 3. The van der Waals surface area contributed by atoms with Crippen LogP contribution in [-0.4, -0.2) is 59.3 Å². The molecular weight excluding hydrogens is 246 g/mol. The molecule has 2 heterocycles. The van der Waals surface area contributed by atoms with Crippen LogP contribution in [0.2, 0.25) is 0 Å². The molecule has 0 aromatic carbocycles. The van der Waals surface area contributed by atoms with E-state index in [9.17, 15) is 4.79 Å². The average molecular weight is 260 g/mol. The van der Waals surface area contributed by atoms with Gasteiger partial charge in [-0.25, -0.2) is 0 Å². The highest BCUT2D eigenvalue weighted by atomic mass is 35.5. The predicted molar refractivity (Wildman–Crippen MR) is 65.2 cm³/mol. The maximum Gasteiger partial charge on any atom is 0.265 e. The number of hydrogen-bond donors (Lipinski definition) is 0. The molecule has 0 spiro atoms. The standard InChI is InChI=1S/C10H14ClN3OS/c11-1-2-13-3-5-14(6-4-13)10(15)9-7-12-8-16-9/h7-8H,1-6H2. The van der Waals surface area contributed by atoms with E-state index >= 15 is 0 Å². The first kappa shape index (κ1) is 11.8. The molecule has 0 bridgehead atoms. The second-order valence-electron chi connectivity index (χ2n) is 3.69. The first-order chi connectivity index (χ1) is 7.81. The lowest BCUT2D eigenvalue weighted by Crippen LogP contribution is -2.48. The van der Waals surface area contributed by atoms with Gasteiger partial charge in [0.1, 0.15) is 4.88 Å². The molecule has 0 radical (unpaired) electrons. The van der Waals surface area contributed by atoms with Crippen LogP contribution in [0.3, 0.4) is 0 Å². The van der Waals surface area contributed by atoms with Crippen LogP contribution in [0, 0.1) is 0 Å². The van der Waals surface area contributed by atoms with E-state index < -0.39 is 0 Å². The van der Waals surface area contributed by atoms with Crippen molar-refractivity contribution in [3.63, 3.8) is 0 Å². The number of carbonyl (C=O) groups is 1. The summed E-state index contributed by atoms with van der Waals surface area (Å²) in [7, 11) is 0. The van der Waals surface area contributed by atoms with E-state index in [2.05, 4.69) is 9.88 Å². The number of aromatic nitrogens is 1. The summed E-state index contributed by atoms with van der Waals surface area (Å²) in [5, 5.41) is 0. The van der Waals surface area contributed by atoms with E-state index in [0.717, 1.165) is 37.6 Å². The van der Waals surface area contributed by atoms with Crippen molar-refractivity contribution in [2.45, 2.75) is 0 Å². The van der Waals surface area contributed by atoms with Crippen molar-refractivity contribution in [3.05, 3.63) is 16.6 Å². The van der Waals surface area contributed by atoms with Gasteiger partial charge in [-0.05, 0) is 0 Å². The molecule has 0 N–H and O–H groups in total. The Bertz CT molecular complexity index is 336. The Morgan fingerprint density at radius 2 is 2.19 bits per heavy atom. The molecule has 16 heavy (non-hydrogen) atoms. The Morgan fingerprint density at radius 1 is 1.44 bits per heavy atom. The monoisotopic (exact) mass is 259 g/mol. The fraction of sp³-hybridized carbons (Fsp3) is 0.600. The molecule has 88 valence electrons. The summed E-state index contributed by atoms with van der Waals surface area (Å²) >= 11 is 7.08. The SMILES string of the molecule is O=C(c1cncs1)N1CCN(CCCl)CC1. The average Bonchev–Trinajstić information content (AvgIpc) is 2.83. The number of alkyl halides is 1. The highest BCUT2D eigenvalue weighted by Gasteiger charge is 2.22. The zero-order valence-corrected chi connectivity index (χ0v) is 10.5. The van der Waals surface area contributed by atoms with Crippen molar-refractivity contribution in [1.29, 1.82) is 0 Å². The Labute approximate surface area is 104 Å². The summed E-state index contributed by atoms with van der Waals surface area (Å²) in [6.07, 6.45) is 1.64. The van der Waals surface area contributed by atoms with Crippen LogP contribution in [-0.2, 0) is 0 Å². The second kappa shape index (κ2) is 5.61. The van der Waals surface area contributed by atoms with E-state index in [1.165, 1.54) is 11.3 Å². The van der Waals surface area contributed by atoms with Crippen molar-refractivity contribution in [1.82, 2.24) is 14.8 Å². The number of nitrogens with zero attached hydrogens (tertiary/aromatic N) is 3. The largest absolute Gasteiger partial charge is 0.335 e. The van der Waals surface area contributed by atoms with Gasteiger partial charge in [0.05, 0.1) is 11.7 Å². The maximum atomic E-state index is 12.0. The van der Waals surface area contributed by atoms with Crippen molar-refractivity contribution in [3.8, 4) is 0 Å². The second-order valence-corrected chi connectivity index (χ2v) is 4.95. The normalized spacial score (nSPS) is 17.7. The molecule has 4 nitrogen and oxygen atoms in total. The van der Waals surface area contributed by atoms with E-state index in [4.69, 9.17) is 11.6 Å². The molecule has 2 rings (SSSR count). The lowest BCUT2D eigenvalue weighted by molar-refractivity contribution is 0.0649. The van der Waals surface area contributed by atoms with Gasteiger partial charge in [-0.2, -0.15) is 0 Å². The van der Waals surface area contributed by atoms with Crippen molar-refractivity contribution in [2.75, 3.05) is 38.6 Å². The third-order valence-corrected chi connectivity index (χ3v) is 3.63. The predicted octanol–water partition coefficient (Wildman–Crippen LogP) is 1.14. The van der Waals surface area contributed by atoms with E-state index in [1.54, 1.807) is 11.7 Å². The molecule has 1 aliphatic heterocycles. The number of amides is 1. The van der Waals surface area contributed by atoms with Gasteiger partial charge < -0.3 is 4.90 Å². The van der Waals surface area contributed by atoms with Gasteiger partial charge in [0.2, 0.25) is 0 Å². The molecule has 1 fully saturated rings. The van der Waals surface area contributed by atoms with Gasteiger partial charge in [-0.3, -0.25) is 14.7 Å². The maximum absolute atomic E-state index is 12.0. The van der Waals surface area contributed by atoms with Crippen molar-refractivity contribution >= 4 is 28.8 Å². The number of piperazine rings is 1. The lowest BCUT2D eigenvalue weighted by Gasteiger charge is -2.34. The van der Waals surface area contributed by atoms with E-state index in [1.807, 2.05) is 4.90 Å². The molecule has 1 aliphatic rings. The molecule has 0 saturated carbocycles. The zero-order valence-electron chi connectivity index (χ0n) is 8.93. The van der Waals surface area contributed by atoms with Crippen LogP contribution in [0.4, 0.5) is 0 Å². The molecule has 1 aromatic heterocycles. The van der Waals surface area contributed by atoms with Crippen LogP contribution in [0.1, 0.15) is 9.67 Å². The van der Waals surface area contributed by atoms with Gasteiger partial charge in [0.15, 0.2) is 0 Å². The molecule has 1 amide bonds.